The summed E-state index contributed by atoms with van der Waals surface area (Å²) in [7, 11) is 1.79. The van der Waals surface area contributed by atoms with Gasteiger partial charge in [-0.05, 0) is 50.6 Å². The van der Waals surface area contributed by atoms with E-state index >= 15 is 0 Å². The molecule has 0 aliphatic heterocycles. The van der Waals surface area contributed by atoms with Crippen LogP contribution in [0.25, 0.3) is 0 Å². The van der Waals surface area contributed by atoms with Crippen LogP contribution in [0.2, 0.25) is 0 Å². The second-order valence-corrected chi connectivity index (χ2v) is 6.17. The summed E-state index contributed by atoms with van der Waals surface area (Å²) in [5.41, 5.74) is 1.13. The molecule has 1 N–H and O–H groups in total. The van der Waals surface area contributed by atoms with Crippen LogP contribution in [0.4, 0.5) is 0 Å². The van der Waals surface area contributed by atoms with Gasteiger partial charge in [0, 0.05) is 24.1 Å². The zero-order chi connectivity index (χ0) is 15.8. The molecule has 1 amide bonds. The van der Waals surface area contributed by atoms with Crippen molar-refractivity contribution >= 4 is 21.8 Å². The summed E-state index contributed by atoms with van der Waals surface area (Å²) in [5, 5.41) is 3.36. The van der Waals surface area contributed by atoms with E-state index in [1.165, 1.54) is 0 Å². The average molecular weight is 357 g/mol. The molecule has 0 radical (unpaired) electrons. The molecule has 0 heterocycles. The summed E-state index contributed by atoms with van der Waals surface area (Å²) >= 11 is 3.53. The highest BCUT2D eigenvalue weighted by Gasteiger charge is 2.12. The number of nitrogens with one attached hydrogen (secondary N) is 1. The maximum Gasteiger partial charge on any atom is 0.260 e. The summed E-state index contributed by atoms with van der Waals surface area (Å²) in [6.07, 6.45) is 1.10. The molecule has 0 unspecified atom stereocenters. The molecule has 4 nitrogen and oxygen atoms in total. The van der Waals surface area contributed by atoms with E-state index in [-0.39, 0.29) is 18.6 Å². The number of likely N-dealkylation sites (N-methyl/N-ethyl adjacent to an activating group) is 1. The molecule has 0 saturated carbocycles. The van der Waals surface area contributed by atoms with Crippen molar-refractivity contribution in [2.45, 2.75) is 39.8 Å². The fourth-order valence-electron chi connectivity index (χ4n) is 1.71. The Labute approximate surface area is 136 Å². The quantitative estimate of drug-likeness (QED) is 0.727. The molecule has 1 rings (SSSR count). The number of carbonyl (C=O) groups excluding carboxylic acids is 1. The van der Waals surface area contributed by atoms with E-state index in [2.05, 4.69) is 28.2 Å². The number of rotatable bonds is 8. The van der Waals surface area contributed by atoms with Gasteiger partial charge < -0.3 is 15.0 Å². The Hall–Kier alpha value is -1.07. The van der Waals surface area contributed by atoms with Crippen LogP contribution in [-0.2, 0) is 11.3 Å². The van der Waals surface area contributed by atoms with Crippen LogP contribution in [0.15, 0.2) is 22.7 Å². The number of hydrogen-bond donors (Lipinski definition) is 1. The first-order valence-electron chi connectivity index (χ1n) is 7.33. The van der Waals surface area contributed by atoms with Crippen LogP contribution in [0, 0.1) is 0 Å². The molecule has 0 bridgehead atoms. The van der Waals surface area contributed by atoms with Gasteiger partial charge in [0.2, 0.25) is 0 Å². The van der Waals surface area contributed by atoms with Gasteiger partial charge in [0.25, 0.3) is 5.91 Å². The van der Waals surface area contributed by atoms with Gasteiger partial charge in [0.05, 0.1) is 0 Å². The van der Waals surface area contributed by atoms with Gasteiger partial charge in [-0.1, -0.05) is 22.9 Å². The molecule has 0 aliphatic rings. The Bertz CT molecular complexity index is 464. The van der Waals surface area contributed by atoms with E-state index in [0.29, 0.717) is 0 Å². The predicted octanol–water partition coefficient (Wildman–Crippen LogP) is 3.19. The topological polar surface area (TPSA) is 41.6 Å². The fraction of sp³-hybridized carbons (Fsp3) is 0.562. The van der Waals surface area contributed by atoms with Crippen LogP contribution < -0.4 is 10.1 Å². The third-order valence-corrected chi connectivity index (χ3v) is 4.06. The Kier molecular flexibility index (Phi) is 7.75. The highest BCUT2D eigenvalue weighted by Crippen LogP contribution is 2.22. The van der Waals surface area contributed by atoms with Crippen LogP contribution in [0.5, 0.6) is 5.75 Å². The molecule has 118 valence electrons. The predicted molar refractivity (Wildman–Crippen MR) is 89.5 cm³/mol. The molecule has 0 atom stereocenters. The van der Waals surface area contributed by atoms with Gasteiger partial charge in [-0.15, -0.1) is 0 Å². The zero-order valence-electron chi connectivity index (χ0n) is 13.3. The van der Waals surface area contributed by atoms with E-state index in [4.69, 9.17) is 4.74 Å². The minimum atomic E-state index is -0.0152. The SMILES string of the molecule is CCCNCc1cc(OCC(=O)N(C)C(C)C)ccc1Br. The van der Waals surface area contributed by atoms with Crippen LogP contribution in [0.3, 0.4) is 0 Å². The summed E-state index contributed by atoms with van der Waals surface area (Å²) in [4.78, 5) is 13.6. The lowest BCUT2D eigenvalue weighted by Gasteiger charge is -2.21. The van der Waals surface area contributed by atoms with Crippen LogP contribution >= 0.6 is 15.9 Å². The second kappa shape index (κ2) is 9.05. The van der Waals surface area contributed by atoms with Gasteiger partial charge in [0.1, 0.15) is 5.75 Å². The number of amides is 1. The van der Waals surface area contributed by atoms with E-state index in [0.717, 1.165) is 35.3 Å². The number of hydrogen-bond acceptors (Lipinski definition) is 3. The zero-order valence-corrected chi connectivity index (χ0v) is 14.9. The van der Waals surface area contributed by atoms with Gasteiger partial charge >= 0.3 is 0 Å². The van der Waals surface area contributed by atoms with Crippen molar-refractivity contribution in [3.63, 3.8) is 0 Å². The van der Waals surface area contributed by atoms with Crippen LogP contribution in [-0.4, -0.2) is 37.0 Å². The number of carbonyl (C=O) groups is 1. The summed E-state index contributed by atoms with van der Waals surface area (Å²) in [6, 6.07) is 5.97. The maximum atomic E-state index is 11.9. The normalized spacial score (nSPS) is 10.8. The minimum absolute atomic E-state index is 0.0152. The number of ether oxygens (including phenoxy) is 1. The summed E-state index contributed by atoms with van der Waals surface area (Å²) < 4.78 is 6.65. The van der Waals surface area contributed by atoms with E-state index in [1.54, 1.807) is 11.9 Å². The lowest BCUT2D eigenvalue weighted by molar-refractivity contribution is -0.133. The number of halogens is 1. The number of benzene rings is 1. The standard InChI is InChI=1S/C16H25BrN2O2/c1-5-8-18-10-13-9-14(6-7-15(13)17)21-11-16(20)19(4)12(2)3/h6-7,9,12,18H,5,8,10-11H2,1-4H3. The Balaban J connectivity index is 2.59. The third kappa shape index (κ3) is 6.06. The van der Waals surface area contributed by atoms with Crippen molar-refractivity contribution in [2.24, 2.45) is 0 Å². The van der Waals surface area contributed by atoms with Gasteiger partial charge in [-0.25, -0.2) is 0 Å². The average Bonchev–Trinajstić information content (AvgIpc) is 2.46. The van der Waals surface area contributed by atoms with Gasteiger partial charge in [-0.3, -0.25) is 4.79 Å². The minimum Gasteiger partial charge on any atom is -0.484 e. The second-order valence-electron chi connectivity index (χ2n) is 5.32. The monoisotopic (exact) mass is 356 g/mol. The lowest BCUT2D eigenvalue weighted by atomic mass is 10.2. The summed E-state index contributed by atoms with van der Waals surface area (Å²) in [6.45, 7) is 7.93. The molecule has 0 fully saturated rings. The highest BCUT2D eigenvalue weighted by molar-refractivity contribution is 9.10. The molecular weight excluding hydrogens is 332 g/mol. The van der Waals surface area contributed by atoms with Crippen molar-refractivity contribution in [3.8, 4) is 5.75 Å². The van der Waals surface area contributed by atoms with E-state index in [1.807, 2.05) is 32.0 Å². The maximum absolute atomic E-state index is 11.9. The molecule has 0 spiro atoms. The molecule has 0 aliphatic carbocycles. The molecule has 1 aromatic rings. The van der Waals surface area contributed by atoms with Crippen molar-refractivity contribution < 1.29 is 9.53 Å². The van der Waals surface area contributed by atoms with E-state index < -0.39 is 0 Å². The van der Waals surface area contributed by atoms with Crippen LogP contribution in [0.1, 0.15) is 32.8 Å². The first kappa shape index (κ1) is 18.0. The summed E-state index contributed by atoms with van der Waals surface area (Å²) in [5.74, 6) is 0.704. The van der Waals surface area contributed by atoms with Crippen molar-refractivity contribution in [1.82, 2.24) is 10.2 Å². The first-order chi connectivity index (χ1) is 9.95. The molecular formula is C16H25BrN2O2. The Morgan fingerprint density at radius 3 is 2.76 bits per heavy atom. The van der Waals surface area contributed by atoms with Crippen molar-refractivity contribution in [3.05, 3.63) is 28.2 Å². The molecule has 0 saturated heterocycles. The molecule has 1 aromatic carbocycles. The van der Waals surface area contributed by atoms with E-state index in [9.17, 15) is 4.79 Å². The highest BCUT2D eigenvalue weighted by atomic mass is 79.9. The Morgan fingerprint density at radius 2 is 2.14 bits per heavy atom. The largest absolute Gasteiger partial charge is 0.484 e. The number of nitrogens with zero attached hydrogens (tertiary/aromatic N) is 1. The molecule has 21 heavy (non-hydrogen) atoms. The van der Waals surface area contributed by atoms with Gasteiger partial charge in [-0.2, -0.15) is 0 Å². The Morgan fingerprint density at radius 1 is 1.43 bits per heavy atom. The molecule has 0 aromatic heterocycles. The molecule has 5 heteroatoms. The van der Waals surface area contributed by atoms with Gasteiger partial charge in [0.15, 0.2) is 6.61 Å². The third-order valence-electron chi connectivity index (χ3n) is 3.29. The smallest absolute Gasteiger partial charge is 0.260 e. The fourth-order valence-corrected chi connectivity index (χ4v) is 2.10. The van der Waals surface area contributed by atoms with Crippen molar-refractivity contribution in [1.29, 1.82) is 0 Å². The lowest BCUT2D eigenvalue weighted by Crippen LogP contribution is -2.36. The van der Waals surface area contributed by atoms with Crippen molar-refractivity contribution in [2.75, 3.05) is 20.2 Å². The first-order valence-corrected chi connectivity index (χ1v) is 8.12.